The molecule has 0 bridgehead atoms. The van der Waals surface area contributed by atoms with Gasteiger partial charge in [0.15, 0.2) is 11.6 Å². The minimum absolute atomic E-state index is 0.000198. The fourth-order valence-electron chi connectivity index (χ4n) is 2.31. The van der Waals surface area contributed by atoms with E-state index in [1.54, 1.807) is 4.68 Å². The Morgan fingerprint density at radius 3 is 2.46 bits per heavy atom. The average Bonchev–Trinajstić information content (AvgIpc) is 2.82. The van der Waals surface area contributed by atoms with Crippen LogP contribution in [0.4, 0.5) is 14.5 Å². The van der Waals surface area contributed by atoms with Gasteiger partial charge in [-0.25, -0.2) is 8.78 Å². The summed E-state index contributed by atoms with van der Waals surface area (Å²) in [5, 5.41) is 9.03. The normalized spacial score (nSPS) is 10.5. The molecular weight excluding hydrogens is 318 g/mol. The number of benzene rings is 1. The number of amides is 2. The van der Waals surface area contributed by atoms with Gasteiger partial charge in [0.2, 0.25) is 0 Å². The van der Waals surface area contributed by atoms with Gasteiger partial charge in [-0.3, -0.25) is 14.3 Å². The molecule has 2 amide bonds. The van der Waals surface area contributed by atoms with Gasteiger partial charge in [0.25, 0.3) is 0 Å². The Morgan fingerprint density at radius 2 is 1.88 bits per heavy atom. The molecule has 2 aromatic rings. The van der Waals surface area contributed by atoms with Gasteiger partial charge in [-0.1, -0.05) is 0 Å². The maximum Gasteiger partial charge on any atom is 0.313 e. The molecule has 0 radical (unpaired) electrons. The van der Waals surface area contributed by atoms with Crippen LogP contribution in [0.3, 0.4) is 0 Å². The second-order valence-electron chi connectivity index (χ2n) is 5.23. The molecule has 0 spiro atoms. The first-order valence-corrected chi connectivity index (χ1v) is 7.40. The van der Waals surface area contributed by atoms with Crippen LogP contribution in [0.2, 0.25) is 0 Å². The third kappa shape index (κ3) is 3.76. The topological polar surface area (TPSA) is 76.0 Å². The average molecular weight is 336 g/mol. The monoisotopic (exact) mass is 336 g/mol. The highest BCUT2D eigenvalue weighted by Crippen LogP contribution is 2.14. The number of halogens is 2. The summed E-state index contributed by atoms with van der Waals surface area (Å²) in [7, 11) is 0. The van der Waals surface area contributed by atoms with Gasteiger partial charge in [0.05, 0.1) is 5.69 Å². The van der Waals surface area contributed by atoms with E-state index in [9.17, 15) is 18.4 Å². The number of hydrogen-bond acceptors (Lipinski definition) is 3. The van der Waals surface area contributed by atoms with Crippen LogP contribution in [0.15, 0.2) is 18.2 Å². The molecule has 1 heterocycles. The smallest absolute Gasteiger partial charge is 0.313 e. The van der Waals surface area contributed by atoms with Crippen LogP contribution in [0, 0.1) is 25.5 Å². The molecule has 0 aliphatic heterocycles. The van der Waals surface area contributed by atoms with E-state index in [4.69, 9.17) is 0 Å². The van der Waals surface area contributed by atoms with E-state index in [1.807, 2.05) is 20.8 Å². The molecule has 0 aliphatic carbocycles. The van der Waals surface area contributed by atoms with E-state index in [0.717, 1.165) is 29.1 Å². The zero-order chi connectivity index (χ0) is 17.9. The lowest BCUT2D eigenvalue weighted by molar-refractivity contribution is -0.136. The van der Waals surface area contributed by atoms with Crippen LogP contribution in [-0.2, 0) is 22.7 Å². The molecule has 0 unspecified atom stereocenters. The summed E-state index contributed by atoms with van der Waals surface area (Å²) in [6.45, 7) is 6.52. The number of carbonyl (C=O) groups excluding carboxylic acids is 2. The molecule has 6 nitrogen and oxygen atoms in total. The highest BCUT2D eigenvalue weighted by molar-refractivity contribution is 6.39. The number of nitrogens with zero attached hydrogens (tertiary/aromatic N) is 2. The highest BCUT2D eigenvalue weighted by Gasteiger charge is 2.17. The number of aromatic nitrogens is 2. The van der Waals surface area contributed by atoms with Crippen molar-refractivity contribution in [2.75, 3.05) is 5.32 Å². The second-order valence-corrected chi connectivity index (χ2v) is 5.23. The van der Waals surface area contributed by atoms with Crippen molar-refractivity contribution in [1.82, 2.24) is 15.1 Å². The Labute approximate surface area is 137 Å². The van der Waals surface area contributed by atoms with Crippen molar-refractivity contribution in [2.24, 2.45) is 0 Å². The zero-order valence-corrected chi connectivity index (χ0v) is 13.6. The van der Waals surface area contributed by atoms with Crippen molar-refractivity contribution >= 4 is 17.5 Å². The Kier molecular flexibility index (Phi) is 5.28. The van der Waals surface area contributed by atoms with Crippen molar-refractivity contribution in [1.29, 1.82) is 0 Å². The quantitative estimate of drug-likeness (QED) is 0.839. The zero-order valence-electron chi connectivity index (χ0n) is 13.6. The predicted octanol–water partition coefficient (Wildman–Crippen LogP) is 2.05. The van der Waals surface area contributed by atoms with Crippen molar-refractivity contribution in [3.63, 3.8) is 0 Å². The van der Waals surface area contributed by atoms with Gasteiger partial charge >= 0.3 is 11.8 Å². The first kappa shape index (κ1) is 17.6. The predicted molar refractivity (Wildman–Crippen MR) is 84.2 cm³/mol. The van der Waals surface area contributed by atoms with E-state index >= 15 is 0 Å². The van der Waals surface area contributed by atoms with Crippen LogP contribution in [0.5, 0.6) is 0 Å². The fourth-order valence-corrected chi connectivity index (χ4v) is 2.31. The molecule has 0 saturated carbocycles. The minimum Gasteiger partial charge on any atom is -0.344 e. The third-order valence-electron chi connectivity index (χ3n) is 3.64. The van der Waals surface area contributed by atoms with Crippen LogP contribution < -0.4 is 10.6 Å². The van der Waals surface area contributed by atoms with E-state index in [1.165, 1.54) is 6.07 Å². The molecule has 0 saturated heterocycles. The van der Waals surface area contributed by atoms with Crippen molar-refractivity contribution in [3.05, 3.63) is 46.8 Å². The number of nitrogens with one attached hydrogen (secondary N) is 2. The summed E-state index contributed by atoms with van der Waals surface area (Å²) < 4.78 is 27.7. The Bertz CT molecular complexity index is 787. The third-order valence-corrected chi connectivity index (χ3v) is 3.64. The van der Waals surface area contributed by atoms with E-state index in [0.29, 0.717) is 6.54 Å². The summed E-state index contributed by atoms with van der Waals surface area (Å²) >= 11 is 0. The van der Waals surface area contributed by atoms with Crippen LogP contribution in [0.25, 0.3) is 0 Å². The number of anilines is 1. The van der Waals surface area contributed by atoms with Crippen molar-refractivity contribution < 1.29 is 18.4 Å². The minimum atomic E-state index is -1.11. The van der Waals surface area contributed by atoms with Gasteiger partial charge in [0, 0.05) is 36.1 Å². The first-order valence-electron chi connectivity index (χ1n) is 7.40. The van der Waals surface area contributed by atoms with Crippen molar-refractivity contribution in [2.45, 2.75) is 33.9 Å². The van der Waals surface area contributed by atoms with Gasteiger partial charge in [0.1, 0.15) is 0 Å². The Balaban J connectivity index is 1.98. The van der Waals surface area contributed by atoms with Crippen LogP contribution in [0.1, 0.15) is 23.9 Å². The van der Waals surface area contributed by atoms with Crippen molar-refractivity contribution in [3.8, 4) is 0 Å². The summed E-state index contributed by atoms with van der Waals surface area (Å²) in [6.07, 6.45) is 0. The molecule has 0 fully saturated rings. The summed E-state index contributed by atoms with van der Waals surface area (Å²) in [5.74, 6) is -3.97. The number of rotatable bonds is 4. The maximum atomic E-state index is 13.1. The Morgan fingerprint density at radius 1 is 1.17 bits per heavy atom. The van der Waals surface area contributed by atoms with Crippen LogP contribution in [-0.4, -0.2) is 21.6 Å². The van der Waals surface area contributed by atoms with Gasteiger partial charge in [-0.05, 0) is 32.9 Å². The van der Waals surface area contributed by atoms with E-state index in [-0.39, 0.29) is 12.2 Å². The molecule has 1 aromatic heterocycles. The number of carbonyl (C=O) groups is 2. The van der Waals surface area contributed by atoms with Gasteiger partial charge < -0.3 is 10.6 Å². The fraction of sp³-hybridized carbons (Fsp3) is 0.312. The molecule has 2 rings (SSSR count). The molecular formula is C16H18F2N4O2. The van der Waals surface area contributed by atoms with Crippen LogP contribution >= 0.6 is 0 Å². The lowest BCUT2D eigenvalue weighted by atomic mass is 10.2. The molecule has 8 heteroatoms. The molecule has 1 aromatic carbocycles. The summed E-state index contributed by atoms with van der Waals surface area (Å²) in [4.78, 5) is 23.7. The van der Waals surface area contributed by atoms with Gasteiger partial charge in [-0.15, -0.1) is 0 Å². The molecule has 0 aliphatic rings. The lowest BCUT2D eigenvalue weighted by Crippen LogP contribution is -2.35. The SMILES string of the molecule is CCn1nc(C)c(CNC(=O)C(=O)Nc2ccc(F)c(F)c2)c1C. The van der Waals surface area contributed by atoms with E-state index < -0.39 is 23.4 Å². The van der Waals surface area contributed by atoms with E-state index in [2.05, 4.69) is 15.7 Å². The lowest BCUT2D eigenvalue weighted by Gasteiger charge is -2.07. The number of aryl methyl sites for hydroxylation is 2. The first-order chi connectivity index (χ1) is 11.3. The molecule has 2 N–H and O–H groups in total. The molecule has 128 valence electrons. The maximum absolute atomic E-state index is 13.1. The number of hydrogen-bond donors (Lipinski definition) is 2. The standard InChI is InChI=1S/C16H18F2N4O2/c1-4-22-10(3)12(9(2)21-22)8-19-15(23)16(24)20-11-5-6-13(17)14(18)7-11/h5-7H,4,8H2,1-3H3,(H,19,23)(H,20,24). The van der Waals surface area contributed by atoms with Gasteiger partial charge in [-0.2, -0.15) is 5.10 Å². The largest absolute Gasteiger partial charge is 0.344 e. The molecule has 24 heavy (non-hydrogen) atoms. The molecule has 0 atom stereocenters. The highest BCUT2D eigenvalue weighted by atomic mass is 19.2. The summed E-state index contributed by atoms with van der Waals surface area (Å²) in [5.41, 5.74) is 2.53. The Hall–Kier alpha value is -2.77. The second kappa shape index (κ2) is 7.20. The summed E-state index contributed by atoms with van der Waals surface area (Å²) in [6, 6.07) is 2.85.